The average Bonchev–Trinajstić information content (AvgIpc) is 2.65. The van der Waals surface area contributed by atoms with E-state index in [-0.39, 0.29) is 18.1 Å². The van der Waals surface area contributed by atoms with Crippen molar-refractivity contribution in [3.8, 4) is 0 Å². The summed E-state index contributed by atoms with van der Waals surface area (Å²) in [5, 5.41) is 22.0. The van der Waals surface area contributed by atoms with Crippen molar-refractivity contribution in [3.63, 3.8) is 0 Å². The molecule has 0 amide bonds. The van der Waals surface area contributed by atoms with Gasteiger partial charge in [-0.3, -0.25) is 0 Å². The minimum absolute atomic E-state index is 0.124. The number of hydrogen-bond acceptors (Lipinski definition) is 2. The lowest BCUT2D eigenvalue weighted by Gasteiger charge is -2.45. The van der Waals surface area contributed by atoms with Crippen molar-refractivity contribution >= 4 is 0 Å². The number of fused-ring (bicyclic) bond motifs is 1. The Kier molecular flexibility index (Phi) is 6.14. The minimum atomic E-state index is -0.297. The van der Waals surface area contributed by atoms with Gasteiger partial charge in [-0.05, 0) is 55.3 Å². The highest BCUT2D eigenvalue weighted by molar-refractivity contribution is 4.96. The Bertz CT molecular complexity index is 317. The van der Waals surface area contributed by atoms with Crippen LogP contribution in [0.4, 0.5) is 0 Å². The van der Waals surface area contributed by atoms with Gasteiger partial charge in [0.15, 0.2) is 0 Å². The van der Waals surface area contributed by atoms with Gasteiger partial charge in [0.1, 0.15) is 0 Å². The van der Waals surface area contributed by atoms with Gasteiger partial charge < -0.3 is 10.2 Å². The molecule has 0 spiro atoms. The van der Waals surface area contributed by atoms with Crippen molar-refractivity contribution in [1.82, 2.24) is 0 Å². The molecule has 21 heavy (non-hydrogen) atoms. The summed E-state index contributed by atoms with van der Waals surface area (Å²) in [5.74, 6) is 2.58. The molecule has 6 unspecified atom stereocenters. The van der Waals surface area contributed by atoms with Crippen LogP contribution in [0.1, 0.15) is 72.6 Å². The Morgan fingerprint density at radius 1 is 0.810 bits per heavy atom. The number of rotatable bonds is 4. The van der Waals surface area contributed by atoms with E-state index in [0.717, 1.165) is 25.7 Å². The van der Waals surface area contributed by atoms with Gasteiger partial charge in [0.2, 0.25) is 0 Å². The third-order valence-electron chi connectivity index (χ3n) is 6.94. The van der Waals surface area contributed by atoms with Crippen molar-refractivity contribution < 1.29 is 10.2 Å². The fourth-order valence-corrected chi connectivity index (χ4v) is 5.07. The molecule has 2 aliphatic rings. The van der Waals surface area contributed by atoms with Crippen LogP contribution in [0.25, 0.3) is 0 Å². The predicted octanol–water partition coefficient (Wildman–Crippen LogP) is 4.24. The maximum absolute atomic E-state index is 11.0. The van der Waals surface area contributed by atoms with E-state index < -0.39 is 0 Å². The van der Waals surface area contributed by atoms with Crippen LogP contribution in [0.15, 0.2) is 0 Å². The smallest absolute Gasteiger partial charge is 0.0626 e. The van der Waals surface area contributed by atoms with Gasteiger partial charge in [0.25, 0.3) is 0 Å². The molecule has 0 aromatic heterocycles. The van der Waals surface area contributed by atoms with Gasteiger partial charge in [0.05, 0.1) is 12.2 Å². The summed E-state index contributed by atoms with van der Waals surface area (Å²) in [5.41, 5.74) is 0. The lowest BCUT2D eigenvalue weighted by molar-refractivity contribution is -0.103. The molecule has 0 bridgehead atoms. The van der Waals surface area contributed by atoms with Crippen LogP contribution >= 0.6 is 0 Å². The zero-order chi connectivity index (χ0) is 15.6. The maximum Gasteiger partial charge on any atom is 0.0626 e. The van der Waals surface area contributed by atoms with Crippen molar-refractivity contribution in [2.45, 2.75) is 84.8 Å². The van der Waals surface area contributed by atoms with Crippen LogP contribution in [0.5, 0.6) is 0 Å². The Morgan fingerprint density at radius 2 is 1.33 bits per heavy atom. The third kappa shape index (κ3) is 3.47. The van der Waals surface area contributed by atoms with E-state index in [1.54, 1.807) is 0 Å². The highest BCUT2D eigenvalue weighted by atomic mass is 16.3. The Labute approximate surface area is 131 Å². The second-order valence-corrected chi connectivity index (χ2v) is 7.93. The van der Waals surface area contributed by atoms with E-state index in [1.807, 2.05) is 0 Å². The summed E-state index contributed by atoms with van der Waals surface area (Å²) >= 11 is 0. The largest absolute Gasteiger partial charge is 0.392 e. The van der Waals surface area contributed by atoms with Crippen LogP contribution in [-0.4, -0.2) is 22.4 Å². The minimum Gasteiger partial charge on any atom is -0.392 e. The molecule has 2 N–H and O–H groups in total. The first-order chi connectivity index (χ1) is 10.0. The summed E-state index contributed by atoms with van der Waals surface area (Å²) in [6, 6.07) is 0. The van der Waals surface area contributed by atoms with Gasteiger partial charge in [0, 0.05) is 5.92 Å². The second kappa shape index (κ2) is 7.46. The van der Waals surface area contributed by atoms with E-state index in [0.29, 0.717) is 29.6 Å². The summed E-state index contributed by atoms with van der Waals surface area (Å²) < 4.78 is 0. The number of aliphatic hydroxyl groups is 2. The zero-order valence-electron chi connectivity index (χ0n) is 14.5. The maximum atomic E-state index is 11.0. The van der Waals surface area contributed by atoms with E-state index in [2.05, 4.69) is 27.7 Å². The fraction of sp³-hybridized carbons (Fsp3) is 1.00. The van der Waals surface area contributed by atoms with Gasteiger partial charge in [-0.2, -0.15) is 0 Å². The Morgan fingerprint density at radius 3 is 1.86 bits per heavy atom. The molecule has 2 heteroatoms. The molecule has 124 valence electrons. The van der Waals surface area contributed by atoms with Crippen molar-refractivity contribution in [2.75, 3.05) is 0 Å². The Hall–Kier alpha value is -0.0800. The van der Waals surface area contributed by atoms with Crippen molar-refractivity contribution in [1.29, 1.82) is 0 Å². The monoisotopic (exact) mass is 296 g/mol. The molecule has 0 aromatic rings. The van der Waals surface area contributed by atoms with Gasteiger partial charge in [-0.1, -0.05) is 47.0 Å². The van der Waals surface area contributed by atoms with E-state index in [9.17, 15) is 10.2 Å². The SMILES string of the molecule is CCC(C)[C@H]1CCCC2CC[C@H](C(C)CC)C(O)C2C1O. The quantitative estimate of drug-likeness (QED) is 0.814. The van der Waals surface area contributed by atoms with Gasteiger partial charge >= 0.3 is 0 Å². The molecule has 0 aromatic carbocycles. The molecule has 0 radical (unpaired) electrons. The Balaban J connectivity index is 2.18. The summed E-state index contributed by atoms with van der Waals surface area (Å²) in [7, 11) is 0. The summed E-state index contributed by atoms with van der Waals surface area (Å²) in [4.78, 5) is 0. The molecule has 0 heterocycles. The van der Waals surface area contributed by atoms with Crippen molar-refractivity contribution in [3.05, 3.63) is 0 Å². The van der Waals surface area contributed by atoms with Crippen LogP contribution in [0.2, 0.25) is 0 Å². The normalized spacial score (nSPS) is 43.7. The first-order valence-corrected chi connectivity index (χ1v) is 9.37. The third-order valence-corrected chi connectivity index (χ3v) is 6.94. The lowest BCUT2D eigenvalue weighted by Crippen LogP contribution is -2.49. The van der Waals surface area contributed by atoms with E-state index in [4.69, 9.17) is 0 Å². The highest BCUT2D eigenvalue weighted by Gasteiger charge is 2.47. The molecule has 2 aliphatic carbocycles. The fourth-order valence-electron chi connectivity index (χ4n) is 5.07. The summed E-state index contributed by atoms with van der Waals surface area (Å²) in [6.45, 7) is 8.98. The average molecular weight is 296 g/mol. The molecule has 8 atom stereocenters. The van der Waals surface area contributed by atoms with Crippen molar-refractivity contribution in [2.24, 2.45) is 35.5 Å². The first kappa shape index (κ1) is 17.3. The van der Waals surface area contributed by atoms with Crippen LogP contribution in [0.3, 0.4) is 0 Å². The lowest BCUT2D eigenvalue weighted by atomic mass is 9.64. The van der Waals surface area contributed by atoms with E-state index in [1.165, 1.54) is 19.3 Å². The summed E-state index contributed by atoms with van der Waals surface area (Å²) in [6.07, 6.45) is 7.61. The highest BCUT2D eigenvalue weighted by Crippen LogP contribution is 2.47. The molecule has 2 fully saturated rings. The van der Waals surface area contributed by atoms with Crippen LogP contribution in [-0.2, 0) is 0 Å². The molecule has 0 saturated heterocycles. The second-order valence-electron chi connectivity index (χ2n) is 7.93. The molecule has 0 aliphatic heterocycles. The molecule has 2 nitrogen and oxygen atoms in total. The number of aliphatic hydroxyl groups excluding tert-OH is 2. The molecule has 2 saturated carbocycles. The van der Waals surface area contributed by atoms with Crippen LogP contribution in [0, 0.1) is 35.5 Å². The van der Waals surface area contributed by atoms with Gasteiger partial charge in [-0.15, -0.1) is 0 Å². The topological polar surface area (TPSA) is 40.5 Å². The molecular weight excluding hydrogens is 260 g/mol. The van der Waals surface area contributed by atoms with Gasteiger partial charge in [-0.25, -0.2) is 0 Å². The predicted molar refractivity (Wildman–Crippen MR) is 88.0 cm³/mol. The van der Waals surface area contributed by atoms with E-state index >= 15 is 0 Å². The molecule has 2 rings (SSSR count). The first-order valence-electron chi connectivity index (χ1n) is 9.37. The number of hydrogen-bond donors (Lipinski definition) is 2. The zero-order valence-corrected chi connectivity index (χ0v) is 14.5. The standard InChI is InChI=1S/C19H36O2/c1-5-12(3)15-9-7-8-14-10-11-16(13(4)6-2)19(21)17(14)18(15)20/h12-21H,5-11H2,1-4H3/t12?,13?,14?,15-,16-,17?,18?,19?/m1/s1. The van der Waals surface area contributed by atoms with Crippen LogP contribution < -0.4 is 0 Å². The molecular formula is C19H36O2.